The fourth-order valence-electron chi connectivity index (χ4n) is 5.59. The molecule has 0 atom stereocenters. The molecule has 0 unspecified atom stereocenters. The third kappa shape index (κ3) is 7.30. The molecule has 238 valence electrons. The fourth-order valence-corrected chi connectivity index (χ4v) is 5.59. The monoisotopic (exact) mass is 633 g/mol. The van der Waals surface area contributed by atoms with Gasteiger partial charge in [-0.15, -0.1) is 12.4 Å². The van der Waals surface area contributed by atoms with Gasteiger partial charge in [-0.3, -0.25) is 9.59 Å². The Morgan fingerprint density at radius 2 is 1.59 bits per heavy atom. The standard InChI is InChI=1S/C19H25F3N4.C12H13N3O2.ClH/c1-25(2)10-11-26-13-17(24-18(26)14-6-8-23-9-7-14)15-4-3-5-16(12-15)19(20,21)22;16-9-7-8(13-1-2-13)12(17)11(15-5-6-15)10(9)14-3-4-14;/h3-5,12-14,23H,6-11H2,1-2H3;7H,1-6H2;1H. The van der Waals surface area contributed by atoms with Crippen LogP contribution in [0, 0.1) is 0 Å². The van der Waals surface area contributed by atoms with Gasteiger partial charge in [-0.25, -0.2) is 4.98 Å². The summed E-state index contributed by atoms with van der Waals surface area (Å²) in [6.07, 6.45) is 1.08. The molecule has 1 aromatic heterocycles. The lowest BCUT2D eigenvalue weighted by atomic mass is 9.97. The molecule has 1 N–H and O–H groups in total. The van der Waals surface area contributed by atoms with Gasteiger partial charge in [0.1, 0.15) is 17.2 Å². The topological polar surface area (TPSA) is 76.3 Å². The van der Waals surface area contributed by atoms with E-state index in [1.165, 1.54) is 18.2 Å². The molecule has 44 heavy (non-hydrogen) atoms. The van der Waals surface area contributed by atoms with Gasteiger partial charge in [0.2, 0.25) is 11.6 Å². The second kappa shape index (κ2) is 12.9. The first-order valence-corrected chi connectivity index (χ1v) is 15.0. The minimum atomic E-state index is -4.35. The normalized spacial score (nSPS) is 20.0. The van der Waals surface area contributed by atoms with Crippen molar-refractivity contribution in [1.82, 2.24) is 34.5 Å². The van der Waals surface area contributed by atoms with Crippen LogP contribution >= 0.6 is 12.4 Å². The highest BCUT2D eigenvalue weighted by Gasteiger charge is 2.43. The number of nitrogens with one attached hydrogen (secondary N) is 1. The Morgan fingerprint density at radius 1 is 0.955 bits per heavy atom. The Morgan fingerprint density at radius 3 is 2.18 bits per heavy atom. The number of halogens is 4. The Labute approximate surface area is 261 Å². The number of benzene rings is 1. The zero-order valence-electron chi connectivity index (χ0n) is 25.1. The average Bonchev–Trinajstić information content (AvgIpc) is 3.83. The molecule has 1 aromatic carbocycles. The minimum Gasteiger partial charge on any atom is -0.365 e. The van der Waals surface area contributed by atoms with Crippen LogP contribution in [0.15, 0.2) is 53.6 Å². The number of Topliss-reactive ketones (excluding diaryl/α,β-unsaturated/α-hetero) is 1. The molecule has 1 aliphatic carbocycles. The van der Waals surface area contributed by atoms with Gasteiger partial charge in [-0.2, -0.15) is 13.2 Å². The third-order valence-corrected chi connectivity index (χ3v) is 8.27. The maximum Gasteiger partial charge on any atom is 0.416 e. The molecule has 0 bridgehead atoms. The number of hydrogen-bond donors (Lipinski definition) is 1. The molecule has 0 spiro atoms. The van der Waals surface area contributed by atoms with Crippen LogP contribution in [0.2, 0.25) is 0 Å². The number of ketones is 2. The SMILES string of the molecule is CN(C)CCn1cc(-c2cccc(C(F)(F)F)c2)nc1C1CCNCC1.Cl.O=C1C=C(N2CC2)C(=O)C(N2CC2)=C1N1CC1. The van der Waals surface area contributed by atoms with Gasteiger partial charge in [0.25, 0.3) is 0 Å². The molecule has 4 saturated heterocycles. The van der Waals surface area contributed by atoms with E-state index in [2.05, 4.69) is 14.8 Å². The van der Waals surface area contributed by atoms with E-state index >= 15 is 0 Å². The predicted octanol–water partition coefficient (Wildman–Crippen LogP) is 3.20. The van der Waals surface area contributed by atoms with Gasteiger partial charge in [-0.1, -0.05) is 12.1 Å². The summed E-state index contributed by atoms with van der Waals surface area (Å²) >= 11 is 0. The zero-order chi connectivity index (χ0) is 30.3. The summed E-state index contributed by atoms with van der Waals surface area (Å²) in [7, 11) is 4.02. The van der Waals surface area contributed by atoms with Crippen LogP contribution < -0.4 is 5.32 Å². The van der Waals surface area contributed by atoms with E-state index in [1.807, 2.05) is 35.0 Å². The number of rotatable bonds is 8. The lowest BCUT2D eigenvalue weighted by molar-refractivity contribution is -0.137. The van der Waals surface area contributed by atoms with Crippen LogP contribution in [-0.4, -0.2) is 114 Å². The number of nitrogens with zero attached hydrogens (tertiary/aromatic N) is 6. The number of imidazole rings is 1. The summed E-state index contributed by atoms with van der Waals surface area (Å²) in [5.74, 6) is 1.38. The second-order valence-electron chi connectivity index (χ2n) is 12.0. The van der Waals surface area contributed by atoms with Gasteiger partial charge in [0.05, 0.1) is 17.0 Å². The van der Waals surface area contributed by atoms with Gasteiger partial charge in [0.15, 0.2) is 0 Å². The molecule has 4 aliphatic heterocycles. The Kier molecular flexibility index (Phi) is 9.43. The number of allylic oxidation sites excluding steroid dienone is 1. The van der Waals surface area contributed by atoms with E-state index in [4.69, 9.17) is 4.98 Å². The first kappa shape index (κ1) is 32.1. The van der Waals surface area contributed by atoms with E-state index in [0.717, 1.165) is 90.2 Å². The number of alkyl halides is 3. The molecule has 4 fully saturated rings. The van der Waals surface area contributed by atoms with Gasteiger partial charge >= 0.3 is 6.18 Å². The zero-order valence-corrected chi connectivity index (χ0v) is 25.9. The number of piperidine rings is 1. The van der Waals surface area contributed by atoms with Crippen molar-refractivity contribution in [1.29, 1.82) is 0 Å². The van der Waals surface area contributed by atoms with E-state index in [1.54, 1.807) is 6.07 Å². The van der Waals surface area contributed by atoms with Crippen molar-refractivity contribution in [3.63, 3.8) is 0 Å². The lowest BCUT2D eigenvalue weighted by Crippen LogP contribution is -2.29. The van der Waals surface area contributed by atoms with Crippen molar-refractivity contribution in [2.75, 3.05) is 73.0 Å². The second-order valence-corrected chi connectivity index (χ2v) is 12.0. The molecule has 13 heteroatoms. The molecule has 0 radical (unpaired) electrons. The van der Waals surface area contributed by atoms with Gasteiger partial charge in [0, 0.05) is 76.1 Å². The Bertz CT molecular complexity index is 1450. The number of hydrogen-bond acceptors (Lipinski definition) is 8. The van der Waals surface area contributed by atoms with Crippen LogP contribution in [-0.2, 0) is 22.3 Å². The maximum atomic E-state index is 13.0. The molecule has 5 heterocycles. The fraction of sp³-hybridized carbons (Fsp3) is 0.516. The molecule has 9 nitrogen and oxygen atoms in total. The van der Waals surface area contributed by atoms with E-state index in [-0.39, 0.29) is 24.0 Å². The molecule has 0 saturated carbocycles. The highest BCUT2D eigenvalue weighted by molar-refractivity contribution is 6.22. The van der Waals surface area contributed by atoms with Crippen LogP contribution in [0.25, 0.3) is 11.3 Å². The van der Waals surface area contributed by atoms with E-state index in [0.29, 0.717) is 34.3 Å². The van der Waals surface area contributed by atoms with Crippen molar-refractivity contribution >= 4 is 24.0 Å². The summed E-state index contributed by atoms with van der Waals surface area (Å²) in [6.45, 7) is 8.94. The highest BCUT2D eigenvalue weighted by atomic mass is 35.5. The van der Waals surface area contributed by atoms with Crippen LogP contribution in [0.1, 0.15) is 30.1 Å². The third-order valence-electron chi connectivity index (χ3n) is 8.27. The number of aromatic nitrogens is 2. The summed E-state index contributed by atoms with van der Waals surface area (Å²) in [5.41, 5.74) is 2.38. The molecule has 5 aliphatic rings. The first-order chi connectivity index (χ1) is 20.6. The Hall–Kier alpha value is -3.35. The van der Waals surface area contributed by atoms with Crippen LogP contribution in [0.3, 0.4) is 0 Å². The van der Waals surface area contributed by atoms with Crippen LogP contribution in [0.5, 0.6) is 0 Å². The Balaban J connectivity index is 0.000000184. The maximum absolute atomic E-state index is 13.0. The molecule has 2 aromatic rings. The quantitative estimate of drug-likeness (QED) is 0.351. The molecular formula is C31H39ClF3N7O2. The first-order valence-electron chi connectivity index (χ1n) is 15.0. The number of carbonyl (C=O) groups excluding carboxylic acids is 2. The lowest BCUT2D eigenvalue weighted by Gasteiger charge is -2.23. The summed E-state index contributed by atoms with van der Waals surface area (Å²) in [6, 6.07) is 5.42. The number of carbonyl (C=O) groups is 2. The van der Waals surface area contributed by atoms with Crippen molar-refractivity contribution in [3.05, 3.63) is 65.0 Å². The smallest absolute Gasteiger partial charge is 0.365 e. The molecule has 7 rings (SSSR count). The van der Waals surface area contributed by atoms with Crippen LogP contribution in [0.4, 0.5) is 13.2 Å². The van der Waals surface area contributed by atoms with Crippen molar-refractivity contribution < 1.29 is 22.8 Å². The summed E-state index contributed by atoms with van der Waals surface area (Å²) < 4.78 is 41.2. The largest absolute Gasteiger partial charge is 0.416 e. The molecular weight excluding hydrogens is 595 g/mol. The highest BCUT2D eigenvalue weighted by Crippen LogP contribution is 2.35. The van der Waals surface area contributed by atoms with Crippen molar-refractivity contribution in [2.24, 2.45) is 0 Å². The minimum absolute atomic E-state index is 0. The van der Waals surface area contributed by atoms with Crippen molar-refractivity contribution in [2.45, 2.75) is 31.5 Å². The average molecular weight is 634 g/mol. The molecule has 0 amide bonds. The van der Waals surface area contributed by atoms with Crippen molar-refractivity contribution in [3.8, 4) is 11.3 Å². The van der Waals surface area contributed by atoms with Gasteiger partial charge < -0.3 is 29.5 Å². The summed E-state index contributed by atoms with van der Waals surface area (Å²) in [5, 5.41) is 3.35. The number of likely N-dealkylation sites (N-methyl/N-ethyl adjacent to an activating group) is 1. The van der Waals surface area contributed by atoms with E-state index < -0.39 is 11.7 Å². The van der Waals surface area contributed by atoms with Gasteiger partial charge in [-0.05, 0) is 52.2 Å². The van der Waals surface area contributed by atoms with E-state index in [9.17, 15) is 22.8 Å². The summed E-state index contributed by atoms with van der Waals surface area (Å²) in [4.78, 5) is 37.3. The predicted molar refractivity (Wildman–Crippen MR) is 163 cm³/mol.